The van der Waals surface area contributed by atoms with Crippen LogP contribution in [-0.2, 0) is 11.3 Å². The molecule has 6 heteroatoms. The summed E-state index contributed by atoms with van der Waals surface area (Å²) in [6.45, 7) is 8.13. The van der Waals surface area contributed by atoms with Gasteiger partial charge in [-0.1, -0.05) is 6.08 Å². The van der Waals surface area contributed by atoms with Crippen molar-refractivity contribution in [2.24, 2.45) is 0 Å². The lowest BCUT2D eigenvalue weighted by Crippen LogP contribution is -2.34. The Morgan fingerprint density at radius 1 is 1.59 bits per heavy atom. The molecule has 118 valence electrons. The first-order valence-electron chi connectivity index (χ1n) is 7.72. The van der Waals surface area contributed by atoms with Crippen molar-refractivity contribution >= 4 is 22.2 Å². The lowest BCUT2D eigenvalue weighted by atomic mass is 10.1. The Morgan fingerprint density at radius 2 is 2.45 bits per heavy atom. The summed E-state index contributed by atoms with van der Waals surface area (Å²) in [6.07, 6.45) is 6.52. The molecule has 0 saturated carbocycles. The number of imidazole rings is 1. The van der Waals surface area contributed by atoms with Gasteiger partial charge in [0.15, 0.2) is 4.96 Å². The number of nitrogens with zero attached hydrogens (tertiary/aromatic N) is 3. The minimum absolute atomic E-state index is 0.252. The zero-order valence-electron chi connectivity index (χ0n) is 12.9. The van der Waals surface area contributed by atoms with Gasteiger partial charge >= 0.3 is 0 Å². The average Bonchev–Trinajstić information content (AvgIpc) is 3.16. The average molecular weight is 318 g/mol. The number of hydrogen-bond donors (Lipinski definition) is 1. The molecule has 1 fully saturated rings. The fraction of sp³-hybridized carbons (Fsp3) is 0.500. The van der Waals surface area contributed by atoms with Gasteiger partial charge in [-0.25, -0.2) is 4.98 Å². The number of rotatable bonds is 7. The van der Waals surface area contributed by atoms with E-state index in [4.69, 9.17) is 0 Å². The lowest BCUT2D eigenvalue weighted by molar-refractivity contribution is -0.129. The fourth-order valence-electron chi connectivity index (χ4n) is 2.97. The monoisotopic (exact) mass is 318 g/mol. The Kier molecular flexibility index (Phi) is 4.59. The van der Waals surface area contributed by atoms with Crippen LogP contribution in [0.2, 0.25) is 0 Å². The molecule has 1 amide bonds. The summed E-state index contributed by atoms with van der Waals surface area (Å²) in [6, 6.07) is 0.325. The molecule has 3 rings (SSSR count). The molecule has 3 heterocycles. The molecule has 22 heavy (non-hydrogen) atoms. The van der Waals surface area contributed by atoms with E-state index in [1.807, 2.05) is 11.0 Å². The highest BCUT2D eigenvalue weighted by Crippen LogP contribution is 2.24. The van der Waals surface area contributed by atoms with Crippen molar-refractivity contribution in [2.75, 3.05) is 13.1 Å². The summed E-state index contributed by atoms with van der Waals surface area (Å²) in [7, 11) is 0. The van der Waals surface area contributed by atoms with E-state index >= 15 is 0 Å². The zero-order valence-corrected chi connectivity index (χ0v) is 13.7. The number of amides is 1. The molecule has 1 aliphatic rings. The fourth-order valence-corrected chi connectivity index (χ4v) is 3.84. The highest BCUT2D eigenvalue weighted by atomic mass is 32.1. The zero-order chi connectivity index (χ0) is 15.5. The van der Waals surface area contributed by atoms with Gasteiger partial charge < -0.3 is 10.2 Å². The van der Waals surface area contributed by atoms with Crippen molar-refractivity contribution in [1.29, 1.82) is 0 Å². The lowest BCUT2D eigenvalue weighted by Gasteiger charge is -2.24. The Hall–Kier alpha value is -1.66. The number of thiazole rings is 1. The molecule has 0 aromatic carbocycles. The molecule has 0 spiro atoms. The largest absolute Gasteiger partial charge is 0.334 e. The summed E-state index contributed by atoms with van der Waals surface area (Å²) >= 11 is 1.64. The molecule has 1 N–H and O–H groups in total. The predicted octanol–water partition coefficient (Wildman–Crippen LogP) is 2.36. The Balaban J connectivity index is 1.65. The maximum atomic E-state index is 12.2. The highest BCUT2D eigenvalue weighted by Gasteiger charge is 2.30. The third-order valence-electron chi connectivity index (χ3n) is 4.17. The van der Waals surface area contributed by atoms with Crippen LogP contribution >= 0.6 is 11.3 Å². The summed E-state index contributed by atoms with van der Waals surface area (Å²) in [5.41, 5.74) is 2.17. The third kappa shape index (κ3) is 3.08. The SMILES string of the molecule is C=CCNCCC1CCC(=O)N1Cc1cn2c(C)csc2n1. The predicted molar refractivity (Wildman–Crippen MR) is 89.1 cm³/mol. The molecule has 1 saturated heterocycles. The number of carbonyl (C=O) groups is 1. The molecule has 0 radical (unpaired) electrons. The number of likely N-dealkylation sites (tertiary alicyclic amines) is 1. The van der Waals surface area contributed by atoms with Crippen LogP contribution in [-0.4, -0.2) is 39.3 Å². The van der Waals surface area contributed by atoms with Crippen molar-refractivity contribution in [2.45, 2.75) is 38.8 Å². The molecule has 0 bridgehead atoms. The van der Waals surface area contributed by atoms with E-state index in [9.17, 15) is 4.79 Å². The standard InChI is InChI=1S/C16H22N4OS/c1-3-7-17-8-6-14-4-5-15(21)20(14)10-13-9-19-12(2)11-22-16(19)18-13/h3,9,11,14,17H,1,4-8,10H2,2H3. The second-order valence-corrected chi connectivity index (χ2v) is 6.59. The van der Waals surface area contributed by atoms with E-state index in [2.05, 4.69) is 39.8 Å². The highest BCUT2D eigenvalue weighted by molar-refractivity contribution is 7.15. The van der Waals surface area contributed by atoms with Gasteiger partial charge in [-0.2, -0.15) is 0 Å². The summed E-state index contributed by atoms with van der Waals surface area (Å²) in [5, 5.41) is 5.41. The first-order chi connectivity index (χ1) is 10.7. The summed E-state index contributed by atoms with van der Waals surface area (Å²) < 4.78 is 2.10. The number of hydrogen-bond acceptors (Lipinski definition) is 4. The molecule has 2 aromatic heterocycles. The summed E-state index contributed by atoms with van der Waals surface area (Å²) in [5.74, 6) is 0.252. The van der Waals surface area contributed by atoms with E-state index in [-0.39, 0.29) is 5.91 Å². The van der Waals surface area contributed by atoms with Crippen LogP contribution in [0.25, 0.3) is 4.96 Å². The summed E-state index contributed by atoms with van der Waals surface area (Å²) in [4.78, 5) is 19.8. The van der Waals surface area contributed by atoms with Crippen LogP contribution in [0.15, 0.2) is 24.2 Å². The molecule has 0 aliphatic carbocycles. The van der Waals surface area contributed by atoms with Gasteiger partial charge in [-0.3, -0.25) is 9.20 Å². The minimum Gasteiger partial charge on any atom is -0.334 e. The molecular weight excluding hydrogens is 296 g/mol. The quantitative estimate of drug-likeness (QED) is 0.630. The van der Waals surface area contributed by atoms with Crippen molar-refractivity contribution in [3.63, 3.8) is 0 Å². The van der Waals surface area contributed by atoms with Crippen LogP contribution in [0, 0.1) is 6.92 Å². The van der Waals surface area contributed by atoms with E-state index in [1.54, 1.807) is 11.3 Å². The first kappa shape index (κ1) is 15.2. The molecule has 5 nitrogen and oxygen atoms in total. The van der Waals surface area contributed by atoms with E-state index in [1.165, 1.54) is 5.69 Å². The van der Waals surface area contributed by atoms with Crippen LogP contribution in [0.3, 0.4) is 0 Å². The smallest absolute Gasteiger partial charge is 0.223 e. The van der Waals surface area contributed by atoms with Crippen LogP contribution in [0.5, 0.6) is 0 Å². The van der Waals surface area contributed by atoms with Gasteiger partial charge in [0.05, 0.1) is 12.2 Å². The van der Waals surface area contributed by atoms with Crippen LogP contribution in [0.1, 0.15) is 30.7 Å². The van der Waals surface area contributed by atoms with Crippen molar-refractivity contribution in [3.8, 4) is 0 Å². The molecule has 2 aromatic rings. The maximum Gasteiger partial charge on any atom is 0.223 e. The Bertz CT molecular complexity index is 675. The normalized spacial score (nSPS) is 18.5. The van der Waals surface area contributed by atoms with E-state index in [0.717, 1.165) is 36.6 Å². The van der Waals surface area contributed by atoms with Gasteiger partial charge in [-0.15, -0.1) is 17.9 Å². The number of aryl methyl sites for hydroxylation is 1. The minimum atomic E-state index is 0.252. The third-order valence-corrected chi connectivity index (χ3v) is 5.12. The molecular formula is C16H22N4OS. The number of fused-ring (bicyclic) bond motifs is 1. The van der Waals surface area contributed by atoms with E-state index in [0.29, 0.717) is 19.0 Å². The maximum absolute atomic E-state index is 12.2. The van der Waals surface area contributed by atoms with Gasteiger partial charge in [0.1, 0.15) is 0 Å². The molecule has 1 aliphatic heterocycles. The van der Waals surface area contributed by atoms with Gasteiger partial charge in [-0.05, 0) is 26.3 Å². The van der Waals surface area contributed by atoms with Crippen LogP contribution < -0.4 is 5.32 Å². The second-order valence-electron chi connectivity index (χ2n) is 5.76. The number of carbonyl (C=O) groups excluding carboxylic acids is 1. The Labute approximate surface area is 134 Å². The number of nitrogens with one attached hydrogen (secondary N) is 1. The van der Waals surface area contributed by atoms with Gasteiger partial charge in [0.25, 0.3) is 0 Å². The second kappa shape index (κ2) is 6.62. The first-order valence-corrected chi connectivity index (χ1v) is 8.60. The van der Waals surface area contributed by atoms with Gasteiger partial charge in [0.2, 0.25) is 5.91 Å². The Morgan fingerprint density at radius 3 is 3.23 bits per heavy atom. The van der Waals surface area contributed by atoms with Crippen molar-refractivity contribution in [1.82, 2.24) is 19.6 Å². The topological polar surface area (TPSA) is 49.6 Å². The molecule has 1 atom stereocenters. The van der Waals surface area contributed by atoms with Crippen molar-refractivity contribution in [3.05, 3.63) is 35.6 Å². The number of aromatic nitrogens is 2. The van der Waals surface area contributed by atoms with E-state index < -0.39 is 0 Å². The van der Waals surface area contributed by atoms with Crippen molar-refractivity contribution < 1.29 is 4.79 Å². The molecule has 1 unspecified atom stereocenters. The van der Waals surface area contributed by atoms with Crippen LogP contribution in [0.4, 0.5) is 0 Å². The van der Waals surface area contributed by atoms with Gasteiger partial charge in [0, 0.05) is 36.3 Å².